The first-order chi connectivity index (χ1) is 9.99. The van der Waals surface area contributed by atoms with Crippen LogP contribution in [0.1, 0.15) is 32.6 Å². The zero-order chi connectivity index (χ0) is 15.4. The van der Waals surface area contributed by atoms with Crippen molar-refractivity contribution in [3.05, 3.63) is 24.0 Å². The molecule has 1 amide bonds. The minimum atomic E-state index is -0.594. The molecule has 2 N–H and O–H groups in total. The van der Waals surface area contributed by atoms with Crippen molar-refractivity contribution >= 4 is 11.6 Å². The number of ether oxygens (including phenoxy) is 1. The highest BCUT2D eigenvalue weighted by molar-refractivity contribution is 5.85. The van der Waals surface area contributed by atoms with E-state index in [1.54, 1.807) is 19.2 Å². The van der Waals surface area contributed by atoms with Gasteiger partial charge in [-0.2, -0.15) is 0 Å². The quantitative estimate of drug-likeness (QED) is 0.861. The summed E-state index contributed by atoms with van der Waals surface area (Å²) in [5, 5.41) is 12.4. The lowest BCUT2D eigenvalue weighted by Crippen LogP contribution is -2.55. The van der Waals surface area contributed by atoms with E-state index in [0.717, 1.165) is 5.69 Å². The van der Waals surface area contributed by atoms with Gasteiger partial charge in [-0.05, 0) is 32.9 Å². The van der Waals surface area contributed by atoms with Crippen molar-refractivity contribution in [2.45, 2.75) is 39.0 Å². The summed E-state index contributed by atoms with van der Waals surface area (Å²) in [5.74, 6) is -0.0377. The third-order valence-electron chi connectivity index (χ3n) is 3.39. The summed E-state index contributed by atoms with van der Waals surface area (Å²) in [6.07, 6.45) is 1.10. The van der Waals surface area contributed by atoms with Gasteiger partial charge < -0.3 is 20.1 Å². The van der Waals surface area contributed by atoms with E-state index >= 15 is 0 Å². The van der Waals surface area contributed by atoms with Crippen molar-refractivity contribution in [1.82, 2.24) is 10.3 Å². The van der Waals surface area contributed by atoms with Crippen LogP contribution in [-0.4, -0.2) is 47.8 Å². The van der Waals surface area contributed by atoms with Crippen LogP contribution < -0.4 is 10.2 Å². The largest absolute Gasteiger partial charge is 0.387 e. The highest BCUT2D eigenvalue weighted by Crippen LogP contribution is 2.21. The highest BCUT2D eigenvalue weighted by Gasteiger charge is 2.30. The number of hydrogen-bond acceptors (Lipinski definition) is 5. The van der Waals surface area contributed by atoms with Gasteiger partial charge in [-0.15, -0.1) is 0 Å². The summed E-state index contributed by atoms with van der Waals surface area (Å²) in [7, 11) is 0. The first-order valence-electron chi connectivity index (χ1n) is 7.28. The fourth-order valence-corrected chi connectivity index (χ4v) is 2.33. The molecule has 21 heavy (non-hydrogen) atoms. The van der Waals surface area contributed by atoms with E-state index in [-0.39, 0.29) is 18.0 Å². The molecule has 1 saturated heterocycles. The highest BCUT2D eigenvalue weighted by atomic mass is 16.5. The lowest BCUT2D eigenvalue weighted by atomic mass is 10.1. The van der Waals surface area contributed by atoms with Gasteiger partial charge in [-0.25, -0.2) is 0 Å². The van der Waals surface area contributed by atoms with E-state index in [9.17, 15) is 9.90 Å². The lowest BCUT2D eigenvalue weighted by molar-refractivity contribution is -0.125. The molecule has 0 bridgehead atoms. The Bertz CT molecular complexity index is 474. The van der Waals surface area contributed by atoms with Gasteiger partial charge in [0, 0.05) is 12.6 Å². The molecule has 1 aromatic rings. The summed E-state index contributed by atoms with van der Waals surface area (Å²) in [6, 6.07) is 3.42. The Morgan fingerprint density at radius 3 is 2.81 bits per heavy atom. The molecule has 0 radical (unpaired) electrons. The van der Waals surface area contributed by atoms with Crippen molar-refractivity contribution in [2.24, 2.45) is 0 Å². The minimum absolute atomic E-state index is 0.0377. The van der Waals surface area contributed by atoms with E-state index < -0.39 is 6.10 Å². The van der Waals surface area contributed by atoms with Crippen LogP contribution in [0.4, 0.5) is 5.69 Å². The van der Waals surface area contributed by atoms with Crippen LogP contribution in [0.3, 0.4) is 0 Å². The first kappa shape index (κ1) is 15.7. The molecule has 0 saturated carbocycles. The van der Waals surface area contributed by atoms with Crippen LogP contribution in [0, 0.1) is 0 Å². The van der Waals surface area contributed by atoms with E-state index in [4.69, 9.17) is 4.74 Å². The molecule has 0 aromatic carbocycles. The second kappa shape index (κ2) is 6.87. The predicted octanol–water partition coefficient (Wildman–Crippen LogP) is 0.865. The Kier molecular flexibility index (Phi) is 5.14. The molecule has 0 spiro atoms. The van der Waals surface area contributed by atoms with Crippen molar-refractivity contribution in [2.75, 3.05) is 24.7 Å². The molecule has 1 aliphatic heterocycles. The van der Waals surface area contributed by atoms with E-state index in [1.807, 2.05) is 24.8 Å². The standard InChI is InChI=1S/C15H23N3O3/c1-10(2)17-15(20)14-9-21-7-6-18(14)12-4-5-13(11(3)19)16-8-12/h4-5,8,10-11,14,19H,6-7,9H2,1-3H3,(H,17,20)/t11-,14?/m1/s1. The van der Waals surface area contributed by atoms with Crippen LogP contribution in [0.2, 0.25) is 0 Å². The maximum Gasteiger partial charge on any atom is 0.245 e. The van der Waals surface area contributed by atoms with Gasteiger partial charge in [0.2, 0.25) is 5.91 Å². The summed E-state index contributed by atoms with van der Waals surface area (Å²) in [5.41, 5.74) is 1.49. The molecule has 2 rings (SSSR count). The monoisotopic (exact) mass is 293 g/mol. The number of aliphatic hydroxyl groups excluding tert-OH is 1. The number of carbonyl (C=O) groups is 1. The number of carbonyl (C=O) groups excluding carboxylic acids is 1. The second-order valence-corrected chi connectivity index (χ2v) is 5.56. The van der Waals surface area contributed by atoms with Crippen LogP contribution >= 0.6 is 0 Å². The molecule has 6 heteroatoms. The number of nitrogens with one attached hydrogen (secondary N) is 1. The average Bonchev–Trinajstić information content (AvgIpc) is 2.46. The van der Waals surface area contributed by atoms with Crippen molar-refractivity contribution < 1.29 is 14.6 Å². The number of hydrogen-bond donors (Lipinski definition) is 2. The molecule has 6 nitrogen and oxygen atoms in total. The molecule has 116 valence electrons. The Balaban J connectivity index is 2.16. The number of aliphatic hydroxyl groups is 1. The number of nitrogens with zero attached hydrogens (tertiary/aromatic N) is 2. The summed E-state index contributed by atoms with van der Waals surface area (Å²) >= 11 is 0. The first-order valence-corrected chi connectivity index (χ1v) is 7.28. The predicted molar refractivity (Wildman–Crippen MR) is 80.1 cm³/mol. The van der Waals surface area contributed by atoms with Crippen LogP contribution in [0.15, 0.2) is 18.3 Å². The number of aromatic nitrogens is 1. The summed E-state index contributed by atoms with van der Waals surface area (Å²) in [6.45, 7) is 7.15. The van der Waals surface area contributed by atoms with Crippen molar-refractivity contribution in [3.63, 3.8) is 0 Å². The number of morpholine rings is 1. The Hall–Kier alpha value is -1.66. The molecular formula is C15H23N3O3. The average molecular weight is 293 g/mol. The zero-order valence-corrected chi connectivity index (χ0v) is 12.7. The maximum atomic E-state index is 12.3. The molecule has 0 aliphatic carbocycles. The molecule has 1 unspecified atom stereocenters. The van der Waals surface area contributed by atoms with Gasteiger partial charge in [0.25, 0.3) is 0 Å². The van der Waals surface area contributed by atoms with Crippen LogP contribution in [0.25, 0.3) is 0 Å². The number of anilines is 1. The normalized spacial score (nSPS) is 20.4. The van der Waals surface area contributed by atoms with Gasteiger partial charge in [0.15, 0.2) is 0 Å². The van der Waals surface area contributed by atoms with Gasteiger partial charge >= 0.3 is 0 Å². The second-order valence-electron chi connectivity index (χ2n) is 5.56. The SMILES string of the molecule is CC(C)NC(=O)C1COCCN1c1ccc([C@@H](C)O)nc1. The fraction of sp³-hybridized carbons (Fsp3) is 0.600. The molecular weight excluding hydrogens is 270 g/mol. The summed E-state index contributed by atoms with van der Waals surface area (Å²) in [4.78, 5) is 18.5. The Labute approximate surface area is 125 Å². The molecule has 1 aromatic heterocycles. The lowest BCUT2D eigenvalue weighted by Gasteiger charge is -2.36. The molecule has 2 heterocycles. The molecule has 1 aliphatic rings. The third kappa shape index (κ3) is 3.92. The van der Waals surface area contributed by atoms with Gasteiger partial charge in [0.1, 0.15) is 6.04 Å². The van der Waals surface area contributed by atoms with Gasteiger partial charge in [-0.3, -0.25) is 9.78 Å². The fourth-order valence-electron chi connectivity index (χ4n) is 2.33. The van der Waals surface area contributed by atoms with E-state index in [2.05, 4.69) is 10.3 Å². The van der Waals surface area contributed by atoms with E-state index in [1.165, 1.54) is 0 Å². The maximum absolute atomic E-state index is 12.3. The smallest absolute Gasteiger partial charge is 0.245 e. The Morgan fingerprint density at radius 1 is 1.48 bits per heavy atom. The number of amides is 1. The van der Waals surface area contributed by atoms with Crippen molar-refractivity contribution in [1.29, 1.82) is 0 Å². The molecule has 1 fully saturated rings. The minimum Gasteiger partial charge on any atom is -0.387 e. The number of pyridine rings is 1. The van der Waals surface area contributed by atoms with Crippen LogP contribution in [-0.2, 0) is 9.53 Å². The third-order valence-corrected chi connectivity index (χ3v) is 3.39. The number of rotatable bonds is 4. The molecule has 2 atom stereocenters. The topological polar surface area (TPSA) is 74.7 Å². The summed E-state index contributed by atoms with van der Waals surface area (Å²) < 4.78 is 5.44. The van der Waals surface area contributed by atoms with Gasteiger partial charge in [0.05, 0.1) is 36.9 Å². The Morgan fingerprint density at radius 2 is 2.24 bits per heavy atom. The van der Waals surface area contributed by atoms with Gasteiger partial charge in [-0.1, -0.05) is 0 Å². The van der Waals surface area contributed by atoms with E-state index in [0.29, 0.717) is 25.5 Å². The van der Waals surface area contributed by atoms with Crippen molar-refractivity contribution in [3.8, 4) is 0 Å². The van der Waals surface area contributed by atoms with Crippen LogP contribution in [0.5, 0.6) is 0 Å². The zero-order valence-electron chi connectivity index (χ0n) is 12.7.